The largest absolute Gasteiger partial charge is 0.497 e. The number of methoxy groups -OCH3 is 1. The van der Waals surface area contributed by atoms with Crippen LogP contribution in [-0.2, 0) is 9.74 Å². The van der Waals surface area contributed by atoms with Crippen LogP contribution in [0.1, 0.15) is 10.4 Å². The van der Waals surface area contributed by atoms with Gasteiger partial charge >= 0.3 is 5.97 Å². The second-order valence-electron chi connectivity index (χ2n) is 2.85. The van der Waals surface area contributed by atoms with E-state index in [1.54, 1.807) is 0 Å². The maximum absolute atomic E-state index is 13.0. The van der Waals surface area contributed by atoms with Crippen molar-refractivity contribution in [1.82, 2.24) is 0 Å². The van der Waals surface area contributed by atoms with Gasteiger partial charge in [0.25, 0.3) is 6.17 Å². The van der Waals surface area contributed by atoms with E-state index < -0.39 is 17.9 Å². The van der Waals surface area contributed by atoms with Crippen LogP contribution in [0, 0.1) is 0 Å². The lowest BCUT2D eigenvalue weighted by Crippen LogP contribution is -2.26. The molecule has 1 atom stereocenters. The summed E-state index contributed by atoms with van der Waals surface area (Å²) in [6.45, 7) is 0. The second kappa shape index (κ2) is 5.20. The predicted molar refractivity (Wildman–Crippen MR) is 49.4 cm³/mol. The van der Waals surface area contributed by atoms with Gasteiger partial charge in [0.15, 0.2) is 0 Å². The van der Waals surface area contributed by atoms with Crippen molar-refractivity contribution in [1.29, 1.82) is 0 Å². The molecule has 0 radical (unpaired) electrons. The molecule has 1 aromatic carbocycles. The number of Topliss-reactive ketones (excluding diaryl/α,β-unsaturated/α-hetero) is 1. The second-order valence-corrected chi connectivity index (χ2v) is 2.85. The van der Waals surface area contributed by atoms with Crippen LogP contribution >= 0.6 is 0 Å². The summed E-state index contributed by atoms with van der Waals surface area (Å²) in [7, 11) is 1.43. The number of ether oxygens (including phenoxy) is 1. The maximum atomic E-state index is 13.0. The van der Waals surface area contributed by atoms with Gasteiger partial charge in [-0.3, -0.25) is 9.74 Å². The number of hydrogen-bond acceptors (Lipinski definition) is 4. The Balaban J connectivity index is 2.84. The summed E-state index contributed by atoms with van der Waals surface area (Å²) in [6.07, 6.45) is -2.65. The number of hydrogen-bond donors (Lipinski definition) is 0. The number of rotatable bonds is 4. The first-order valence-corrected chi connectivity index (χ1v) is 4.25. The highest BCUT2D eigenvalue weighted by molar-refractivity contribution is 6.10. The molecule has 1 unspecified atom stereocenters. The molecular formula is C10H8F2O4. The smallest absolute Gasteiger partial charge is 0.390 e. The van der Waals surface area contributed by atoms with Crippen molar-refractivity contribution >= 4 is 11.8 Å². The lowest BCUT2D eigenvalue weighted by Gasteiger charge is -2.04. The molecule has 0 saturated carbocycles. The molecule has 0 fully saturated rings. The van der Waals surface area contributed by atoms with Gasteiger partial charge in [-0.25, -0.2) is 9.18 Å². The molecule has 0 aliphatic heterocycles. The molecule has 0 aliphatic rings. The fourth-order valence-corrected chi connectivity index (χ4v) is 1.05. The van der Waals surface area contributed by atoms with Gasteiger partial charge in [-0.1, -0.05) is 0 Å². The van der Waals surface area contributed by atoms with Crippen molar-refractivity contribution in [2.75, 3.05) is 7.11 Å². The Morgan fingerprint density at radius 1 is 1.25 bits per heavy atom. The maximum Gasteiger partial charge on any atom is 0.390 e. The summed E-state index contributed by atoms with van der Waals surface area (Å²) in [5.41, 5.74) is -0.0706. The third-order valence-electron chi connectivity index (χ3n) is 1.89. The monoisotopic (exact) mass is 230 g/mol. The van der Waals surface area contributed by atoms with Crippen LogP contribution < -0.4 is 4.74 Å². The van der Waals surface area contributed by atoms with Gasteiger partial charge in [-0.05, 0) is 24.3 Å². The number of halogens is 2. The average molecular weight is 230 g/mol. The third-order valence-corrected chi connectivity index (χ3v) is 1.89. The van der Waals surface area contributed by atoms with E-state index in [1.807, 2.05) is 0 Å². The molecule has 6 heteroatoms. The molecular weight excluding hydrogens is 222 g/mol. The topological polar surface area (TPSA) is 52.6 Å². The number of carbonyl (C=O) groups is 2. The molecule has 0 N–H and O–H groups in total. The normalized spacial score (nSPS) is 11.7. The molecule has 0 aliphatic carbocycles. The van der Waals surface area contributed by atoms with E-state index >= 15 is 0 Å². The fourth-order valence-electron chi connectivity index (χ4n) is 1.05. The van der Waals surface area contributed by atoms with E-state index in [1.165, 1.54) is 31.4 Å². The highest BCUT2D eigenvalue weighted by Gasteiger charge is 2.29. The predicted octanol–water partition coefficient (Wildman–Crippen LogP) is 1.64. The first kappa shape index (κ1) is 12.1. The highest BCUT2D eigenvalue weighted by Crippen LogP contribution is 2.14. The number of carbonyl (C=O) groups excluding carboxylic acids is 2. The third kappa shape index (κ3) is 2.53. The van der Waals surface area contributed by atoms with Crippen LogP contribution in [0.25, 0.3) is 0 Å². The van der Waals surface area contributed by atoms with Crippen molar-refractivity contribution in [3.05, 3.63) is 29.8 Å². The van der Waals surface area contributed by atoms with Crippen molar-refractivity contribution in [3.63, 3.8) is 0 Å². The van der Waals surface area contributed by atoms with Crippen molar-refractivity contribution in [2.45, 2.75) is 6.17 Å². The Kier molecular flexibility index (Phi) is 3.93. The minimum Gasteiger partial charge on any atom is -0.497 e. The molecule has 1 aromatic rings. The molecule has 0 saturated heterocycles. The van der Waals surface area contributed by atoms with Crippen LogP contribution in [0.15, 0.2) is 24.3 Å². The van der Waals surface area contributed by atoms with E-state index in [0.29, 0.717) is 5.75 Å². The number of ketones is 1. The van der Waals surface area contributed by atoms with Gasteiger partial charge in [0.1, 0.15) is 5.75 Å². The Morgan fingerprint density at radius 2 is 1.81 bits per heavy atom. The first-order chi connectivity index (χ1) is 7.60. The molecule has 4 nitrogen and oxygen atoms in total. The quantitative estimate of drug-likeness (QED) is 0.582. The first-order valence-electron chi connectivity index (χ1n) is 4.25. The van der Waals surface area contributed by atoms with Gasteiger partial charge in [0.2, 0.25) is 5.78 Å². The van der Waals surface area contributed by atoms with Gasteiger partial charge in [0, 0.05) is 10.1 Å². The molecule has 0 heterocycles. The fraction of sp³-hybridized carbons (Fsp3) is 0.200. The van der Waals surface area contributed by atoms with E-state index in [4.69, 9.17) is 4.74 Å². The van der Waals surface area contributed by atoms with Gasteiger partial charge in [0.05, 0.1) is 7.11 Å². The summed E-state index contributed by atoms with van der Waals surface area (Å²) in [5.74, 6) is -2.55. The van der Waals surface area contributed by atoms with Gasteiger partial charge in [-0.15, -0.1) is 0 Å². The minimum atomic E-state index is -2.65. The molecule has 0 amide bonds. The molecule has 0 bridgehead atoms. The molecule has 0 aromatic heterocycles. The van der Waals surface area contributed by atoms with E-state index in [2.05, 4.69) is 4.94 Å². The molecule has 86 valence electrons. The summed E-state index contributed by atoms with van der Waals surface area (Å²) in [5, 5.41) is 0. The summed E-state index contributed by atoms with van der Waals surface area (Å²) >= 11 is 0. The van der Waals surface area contributed by atoms with E-state index in [9.17, 15) is 18.5 Å². The van der Waals surface area contributed by atoms with Crippen LogP contribution in [-0.4, -0.2) is 25.0 Å². The van der Waals surface area contributed by atoms with E-state index in [-0.39, 0.29) is 5.56 Å². The Bertz CT molecular complexity index is 388. The van der Waals surface area contributed by atoms with Crippen LogP contribution in [0.2, 0.25) is 0 Å². The van der Waals surface area contributed by atoms with Gasteiger partial charge < -0.3 is 4.74 Å². The zero-order chi connectivity index (χ0) is 12.1. The Hall–Kier alpha value is -1.98. The molecule has 16 heavy (non-hydrogen) atoms. The zero-order valence-corrected chi connectivity index (χ0v) is 8.28. The van der Waals surface area contributed by atoms with Crippen LogP contribution in [0.4, 0.5) is 8.92 Å². The zero-order valence-electron chi connectivity index (χ0n) is 8.28. The number of benzene rings is 1. The van der Waals surface area contributed by atoms with Crippen molar-refractivity contribution in [2.24, 2.45) is 0 Å². The SMILES string of the molecule is COc1ccc(C(=O)C(F)C(=O)OF)cc1. The van der Waals surface area contributed by atoms with Crippen LogP contribution in [0.5, 0.6) is 5.75 Å². The average Bonchev–Trinajstić information content (AvgIpc) is 2.36. The summed E-state index contributed by atoms with van der Waals surface area (Å²) < 4.78 is 29.2. The van der Waals surface area contributed by atoms with E-state index in [0.717, 1.165) is 0 Å². The standard InChI is InChI=1S/C10H8F2O4/c1-15-7-4-2-6(3-5-7)9(13)8(11)10(14)16-12/h2-5,8H,1H3. The van der Waals surface area contributed by atoms with Crippen molar-refractivity contribution < 1.29 is 28.2 Å². The Morgan fingerprint density at radius 3 is 2.25 bits per heavy atom. The Labute approximate surface area is 89.7 Å². The minimum absolute atomic E-state index is 0.0706. The highest BCUT2D eigenvalue weighted by atomic mass is 19.3. The molecule has 0 spiro atoms. The summed E-state index contributed by atoms with van der Waals surface area (Å²) in [6, 6.07) is 5.36. The molecule has 1 rings (SSSR count). The summed E-state index contributed by atoms with van der Waals surface area (Å²) in [4.78, 5) is 24.3. The lowest BCUT2D eigenvalue weighted by molar-refractivity contribution is -0.187. The number of alkyl halides is 1. The van der Waals surface area contributed by atoms with Crippen LogP contribution in [0.3, 0.4) is 0 Å². The lowest BCUT2D eigenvalue weighted by atomic mass is 10.1. The van der Waals surface area contributed by atoms with Crippen molar-refractivity contribution in [3.8, 4) is 5.75 Å². The van der Waals surface area contributed by atoms with Gasteiger partial charge in [-0.2, -0.15) is 0 Å².